The highest BCUT2D eigenvalue weighted by Crippen LogP contribution is 2.19. The van der Waals surface area contributed by atoms with Crippen molar-refractivity contribution in [3.8, 4) is 0 Å². The van der Waals surface area contributed by atoms with E-state index in [4.69, 9.17) is 9.26 Å². The van der Waals surface area contributed by atoms with Gasteiger partial charge in [0, 0.05) is 32.2 Å². The van der Waals surface area contributed by atoms with Crippen molar-refractivity contribution >= 4 is 29.9 Å². The van der Waals surface area contributed by atoms with E-state index in [9.17, 15) is 0 Å². The van der Waals surface area contributed by atoms with Gasteiger partial charge in [0.25, 0.3) is 0 Å². The van der Waals surface area contributed by atoms with Crippen LogP contribution in [0.25, 0.3) is 0 Å². The molecular formula is C16H30IN5O2. The molecule has 1 N–H and O–H groups in total. The minimum atomic E-state index is -0.131. The van der Waals surface area contributed by atoms with Crippen molar-refractivity contribution in [3.63, 3.8) is 0 Å². The second-order valence-corrected chi connectivity index (χ2v) is 6.81. The highest BCUT2D eigenvalue weighted by molar-refractivity contribution is 14.0. The van der Waals surface area contributed by atoms with Gasteiger partial charge in [0.05, 0.1) is 12.6 Å². The standard InChI is InChI=1S/C16H29N5O2.HI/c1-6-22-12-7-9-21(10-8-12)15(17-5)18-11-13-19-14(23-20-13)16(2,3)4;/h12H,6-11H2,1-5H3,(H,17,18);1H. The van der Waals surface area contributed by atoms with Gasteiger partial charge in [0.1, 0.15) is 0 Å². The Kier molecular flexibility index (Phi) is 8.41. The number of nitrogens with zero attached hydrogens (tertiary/aromatic N) is 4. The summed E-state index contributed by atoms with van der Waals surface area (Å²) in [6, 6.07) is 0. The van der Waals surface area contributed by atoms with Gasteiger partial charge in [-0.1, -0.05) is 25.9 Å². The Bertz CT molecular complexity index is 519. The number of piperidine rings is 1. The van der Waals surface area contributed by atoms with Gasteiger partial charge in [-0.05, 0) is 19.8 Å². The zero-order valence-electron chi connectivity index (χ0n) is 15.3. The number of hydrogen-bond acceptors (Lipinski definition) is 5. The fourth-order valence-electron chi connectivity index (χ4n) is 2.59. The van der Waals surface area contributed by atoms with Crippen LogP contribution in [0.15, 0.2) is 9.52 Å². The molecule has 0 spiro atoms. The molecule has 1 aromatic rings. The van der Waals surface area contributed by atoms with Crippen molar-refractivity contribution in [2.24, 2.45) is 4.99 Å². The number of aromatic nitrogens is 2. The predicted molar refractivity (Wildman–Crippen MR) is 105 cm³/mol. The molecule has 2 heterocycles. The third-order valence-corrected chi connectivity index (χ3v) is 3.87. The number of likely N-dealkylation sites (tertiary alicyclic amines) is 1. The zero-order valence-corrected chi connectivity index (χ0v) is 17.7. The second kappa shape index (κ2) is 9.55. The Labute approximate surface area is 161 Å². The number of nitrogens with one attached hydrogen (secondary N) is 1. The van der Waals surface area contributed by atoms with Crippen molar-refractivity contribution in [1.82, 2.24) is 20.4 Å². The Balaban J connectivity index is 0.00000288. The van der Waals surface area contributed by atoms with Gasteiger partial charge in [-0.2, -0.15) is 4.98 Å². The highest BCUT2D eigenvalue weighted by Gasteiger charge is 2.23. The molecule has 8 heteroatoms. The summed E-state index contributed by atoms with van der Waals surface area (Å²) in [4.78, 5) is 11.0. The summed E-state index contributed by atoms with van der Waals surface area (Å²) in [5, 5.41) is 7.35. The minimum Gasteiger partial charge on any atom is -0.378 e. The van der Waals surface area contributed by atoms with Crippen LogP contribution in [0.1, 0.15) is 52.3 Å². The Morgan fingerprint density at radius 1 is 1.38 bits per heavy atom. The van der Waals surface area contributed by atoms with Gasteiger partial charge < -0.3 is 19.5 Å². The first kappa shape index (κ1) is 21.1. The van der Waals surface area contributed by atoms with E-state index in [2.05, 4.69) is 46.1 Å². The molecular weight excluding hydrogens is 421 g/mol. The lowest BCUT2D eigenvalue weighted by Gasteiger charge is -2.33. The fraction of sp³-hybridized carbons (Fsp3) is 0.812. The van der Waals surface area contributed by atoms with Crippen molar-refractivity contribution in [2.75, 3.05) is 26.7 Å². The molecule has 24 heavy (non-hydrogen) atoms. The Morgan fingerprint density at radius 2 is 2.04 bits per heavy atom. The van der Waals surface area contributed by atoms with Crippen molar-refractivity contribution < 1.29 is 9.26 Å². The molecule has 1 fully saturated rings. The summed E-state index contributed by atoms with van der Waals surface area (Å²) in [5.41, 5.74) is -0.131. The molecule has 0 bridgehead atoms. The van der Waals surface area contributed by atoms with E-state index in [-0.39, 0.29) is 29.4 Å². The van der Waals surface area contributed by atoms with Crippen molar-refractivity contribution in [3.05, 3.63) is 11.7 Å². The van der Waals surface area contributed by atoms with E-state index in [1.54, 1.807) is 7.05 Å². The number of hydrogen-bond donors (Lipinski definition) is 1. The third-order valence-electron chi connectivity index (χ3n) is 3.87. The van der Waals surface area contributed by atoms with Crippen LogP contribution < -0.4 is 5.32 Å². The van der Waals surface area contributed by atoms with Crippen LogP contribution in [0.2, 0.25) is 0 Å². The number of halogens is 1. The van der Waals surface area contributed by atoms with E-state index in [0.717, 1.165) is 38.5 Å². The lowest BCUT2D eigenvalue weighted by molar-refractivity contribution is 0.0263. The summed E-state index contributed by atoms with van der Waals surface area (Å²) < 4.78 is 11.0. The van der Waals surface area contributed by atoms with E-state index in [0.29, 0.717) is 24.4 Å². The zero-order chi connectivity index (χ0) is 16.9. The maximum absolute atomic E-state index is 5.69. The molecule has 0 saturated carbocycles. The Morgan fingerprint density at radius 3 is 2.54 bits per heavy atom. The second-order valence-electron chi connectivity index (χ2n) is 6.81. The van der Waals surface area contributed by atoms with Gasteiger partial charge in [0.2, 0.25) is 5.89 Å². The molecule has 1 aromatic heterocycles. The van der Waals surface area contributed by atoms with Crippen LogP contribution in [0.5, 0.6) is 0 Å². The molecule has 0 aromatic carbocycles. The quantitative estimate of drug-likeness (QED) is 0.431. The van der Waals surface area contributed by atoms with E-state index < -0.39 is 0 Å². The van der Waals surface area contributed by atoms with Crippen LogP contribution in [0.3, 0.4) is 0 Å². The summed E-state index contributed by atoms with van der Waals surface area (Å²) in [6.07, 6.45) is 2.44. The van der Waals surface area contributed by atoms with Crippen LogP contribution in [0, 0.1) is 0 Å². The summed E-state index contributed by atoms with van der Waals surface area (Å²) in [5.74, 6) is 2.18. The predicted octanol–water partition coefficient (Wildman–Crippen LogP) is 2.56. The summed E-state index contributed by atoms with van der Waals surface area (Å²) in [6.45, 7) is 11.4. The summed E-state index contributed by atoms with van der Waals surface area (Å²) in [7, 11) is 1.80. The van der Waals surface area contributed by atoms with E-state index in [1.807, 2.05) is 6.92 Å². The van der Waals surface area contributed by atoms with E-state index >= 15 is 0 Å². The Hall–Kier alpha value is -0.900. The lowest BCUT2D eigenvalue weighted by atomic mass is 9.97. The van der Waals surface area contributed by atoms with Crippen LogP contribution >= 0.6 is 24.0 Å². The molecule has 0 radical (unpaired) electrons. The van der Waals surface area contributed by atoms with Gasteiger partial charge in [-0.25, -0.2) is 0 Å². The van der Waals surface area contributed by atoms with Crippen LogP contribution in [0.4, 0.5) is 0 Å². The van der Waals surface area contributed by atoms with Gasteiger partial charge in [0.15, 0.2) is 11.8 Å². The highest BCUT2D eigenvalue weighted by atomic mass is 127. The molecule has 138 valence electrons. The minimum absolute atomic E-state index is 0. The van der Waals surface area contributed by atoms with Crippen molar-refractivity contribution in [1.29, 1.82) is 0 Å². The fourth-order valence-corrected chi connectivity index (χ4v) is 2.59. The number of guanidine groups is 1. The average molecular weight is 451 g/mol. The lowest BCUT2D eigenvalue weighted by Crippen LogP contribution is -2.46. The van der Waals surface area contributed by atoms with Crippen LogP contribution in [-0.4, -0.2) is 53.8 Å². The first-order chi connectivity index (χ1) is 10.9. The van der Waals surface area contributed by atoms with Gasteiger partial charge in [-0.3, -0.25) is 4.99 Å². The maximum atomic E-state index is 5.69. The largest absolute Gasteiger partial charge is 0.378 e. The topological polar surface area (TPSA) is 75.8 Å². The molecule has 2 rings (SSSR count). The summed E-state index contributed by atoms with van der Waals surface area (Å²) >= 11 is 0. The SMILES string of the molecule is CCOC1CCN(C(=NC)NCc2noc(C(C)(C)C)n2)CC1.I. The normalized spacial score (nSPS) is 16.9. The van der Waals surface area contributed by atoms with Gasteiger partial charge in [-0.15, -0.1) is 24.0 Å². The monoisotopic (exact) mass is 451 g/mol. The molecule has 1 aliphatic rings. The molecule has 7 nitrogen and oxygen atoms in total. The smallest absolute Gasteiger partial charge is 0.232 e. The molecule has 1 saturated heterocycles. The molecule has 0 aliphatic carbocycles. The third kappa shape index (κ3) is 5.87. The number of ether oxygens (including phenoxy) is 1. The van der Waals surface area contributed by atoms with Crippen molar-refractivity contribution in [2.45, 2.75) is 58.6 Å². The van der Waals surface area contributed by atoms with Gasteiger partial charge >= 0.3 is 0 Å². The van der Waals surface area contributed by atoms with Crippen LogP contribution in [-0.2, 0) is 16.7 Å². The number of aliphatic imine (C=N–C) groups is 1. The van der Waals surface area contributed by atoms with E-state index in [1.165, 1.54) is 0 Å². The number of rotatable bonds is 4. The first-order valence-corrected chi connectivity index (χ1v) is 8.34. The molecule has 0 atom stereocenters. The molecule has 0 unspecified atom stereocenters. The molecule has 0 amide bonds. The average Bonchev–Trinajstić information content (AvgIpc) is 2.99. The first-order valence-electron chi connectivity index (χ1n) is 8.34. The molecule has 1 aliphatic heterocycles. The maximum Gasteiger partial charge on any atom is 0.232 e.